The molecule has 1 aliphatic heterocycles. The van der Waals surface area contributed by atoms with Crippen LogP contribution in [0.4, 0.5) is 0 Å². The summed E-state index contributed by atoms with van der Waals surface area (Å²) in [5, 5.41) is 10.6. The van der Waals surface area contributed by atoms with Gasteiger partial charge in [-0.3, -0.25) is 0 Å². The van der Waals surface area contributed by atoms with Crippen LogP contribution in [0.2, 0.25) is 0 Å². The Labute approximate surface area is 128 Å². The number of ether oxygens (including phenoxy) is 1. The molecule has 0 radical (unpaired) electrons. The molecule has 1 heterocycles. The van der Waals surface area contributed by atoms with Crippen LogP contribution in [0.15, 0.2) is 18.2 Å². The molecule has 116 valence electrons. The number of hydrogen-bond acceptors (Lipinski definition) is 2. The zero-order valence-corrected chi connectivity index (χ0v) is 13.4. The molecule has 2 heteroatoms. The quantitative estimate of drug-likeness (QED) is 0.813. The van der Waals surface area contributed by atoms with Gasteiger partial charge in [0.05, 0.1) is 12.7 Å². The molecule has 21 heavy (non-hydrogen) atoms. The maximum Gasteiger partial charge on any atom is 0.123 e. The van der Waals surface area contributed by atoms with Gasteiger partial charge in [0, 0.05) is 11.0 Å². The predicted octanol–water partition coefficient (Wildman–Crippen LogP) is 4.75. The highest BCUT2D eigenvalue weighted by Gasteiger charge is 2.32. The van der Waals surface area contributed by atoms with Crippen LogP contribution >= 0.6 is 0 Å². The van der Waals surface area contributed by atoms with Crippen molar-refractivity contribution in [1.29, 1.82) is 0 Å². The molecule has 1 aromatic rings. The van der Waals surface area contributed by atoms with E-state index in [4.69, 9.17) is 4.74 Å². The fraction of sp³-hybridized carbons (Fsp3) is 0.684. The van der Waals surface area contributed by atoms with E-state index in [-0.39, 0.29) is 11.5 Å². The molecule has 0 amide bonds. The molecule has 1 unspecified atom stereocenters. The van der Waals surface area contributed by atoms with E-state index >= 15 is 0 Å². The summed E-state index contributed by atoms with van der Waals surface area (Å²) in [7, 11) is 0. The van der Waals surface area contributed by atoms with Gasteiger partial charge >= 0.3 is 0 Å². The van der Waals surface area contributed by atoms with Gasteiger partial charge in [-0.1, -0.05) is 58.4 Å². The van der Waals surface area contributed by atoms with Crippen LogP contribution in [-0.4, -0.2) is 11.7 Å². The number of hydrogen-bond donors (Lipinski definition) is 1. The topological polar surface area (TPSA) is 29.5 Å². The molecule has 0 spiro atoms. The first-order valence-corrected chi connectivity index (χ1v) is 8.51. The third-order valence-electron chi connectivity index (χ3n) is 5.24. The van der Waals surface area contributed by atoms with Gasteiger partial charge in [0.15, 0.2) is 0 Å². The molecule has 0 aromatic heterocycles. The summed E-state index contributed by atoms with van der Waals surface area (Å²) in [4.78, 5) is 0. The summed E-state index contributed by atoms with van der Waals surface area (Å²) in [6.45, 7) is 5.16. The van der Waals surface area contributed by atoms with Crippen LogP contribution < -0.4 is 4.74 Å². The Morgan fingerprint density at radius 1 is 1.19 bits per heavy atom. The van der Waals surface area contributed by atoms with Gasteiger partial charge in [-0.25, -0.2) is 0 Å². The molecule has 0 bridgehead atoms. The normalized spacial score (nSPS) is 23.2. The van der Waals surface area contributed by atoms with Crippen molar-refractivity contribution in [2.24, 2.45) is 5.92 Å². The van der Waals surface area contributed by atoms with Crippen molar-refractivity contribution >= 4 is 0 Å². The van der Waals surface area contributed by atoms with Gasteiger partial charge in [0.25, 0.3) is 0 Å². The Morgan fingerprint density at radius 3 is 2.62 bits per heavy atom. The maximum absolute atomic E-state index is 10.6. The third-order valence-corrected chi connectivity index (χ3v) is 5.24. The zero-order valence-electron chi connectivity index (χ0n) is 13.4. The summed E-state index contributed by atoms with van der Waals surface area (Å²) in [6, 6.07) is 6.25. The molecule has 0 saturated heterocycles. The third kappa shape index (κ3) is 3.26. The summed E-state index contributed by atoms with van der Waals surface area (Å²) >= 11 is 0. The molecular weight excluding hydrogens is 260 g/mol. The van der Waals surface area contributed by atoms with E-state index in [0.717, 1.165) is 24.3 Å². The van der Waals surface area contributed by atoms with Crippen molar-refractivity contribution in [3.8, 4) is 5.75 Å². The smallest absolute Gasteiger partial charge is 0.123 e. The molecule has 1 N–H and O–H groups in total. The van der Waals surface area contributed by atoms with E-state index in [9.17, 15) is 5.11 Å². The average molecular weight is 288 g/mol. The monoisotopic (exact) mass is 288 g/mol. The SMILES string of the molecule is CC1(C)COc2ccc(C(O)CC3CCCCCC3)cc21. The zero-order chi connectivity index (χ0) is 14.9. The second kappa shape index (κ2) is 6.00. The predicted molar refractivity (Wildman–Crippen MR) is 85.7 cm³/mol. The van der Waals surface area contributed by atoms with Crippen molar-refractivity contribution < 1.29 is 9.84 Å². The lowest BCUT2D eigenvalue weighted by Crippen LogP contribution is -2.18. The van der Waals surface area contributed by atoms with Crippen molar-refractivity contribution in [3.63, 3.8) is 0 Å². The second-order valence-electron chi connectivity index (χ2n) is 7.54. The lowest BCUT2D eigenvalue weighted by atomic mass is 9.84. The highest BCUT2D eigenvalue weighted by atomic mass is 16.5. The van der Waals surface area contributed by atoms with Gasteiger partial charge in [-0.2, -0.15) is 0 Å². The lowest BCUT2D eigenvalue weighted by Gasteiger charge is -2.21. The molecule has 1 atom stereocenters. The first-order valence-electron chi connectivity index (χ1n) is 8.51. The van der Waals surface area contributed by atoms with Crippen molar-refractivity contribution in [2.45, 2.75) is 70.3 Å². The summed E-state index contributed by atoms with van der Waals surface area (Å²) in [5.74, 6) is 1.69. The van der Waals surface area contributed by atoms with E-state index in [1.807, 2.05) is 12.1 Å². The Bertz CT molecular complexity index is 484. The van der Waals surface area contributed by atoms with E-state index in [1.165, 1.54) is 44.1 Å². The Hall–Kier alpha value is -1.02. The fourth-order valence-electron chi connectivity index (χ4n) is 3.80. The minimum atomic E-state index is -0.324. The van der Waals surface area contributed by atoms with Crippen LogP contribution in [-0.2, 0) is 5.41 Å². The molecule has 1 aliphatic carbocycles. The molecule has 1 aromatic carbocycles. The number of fused-ring (bicyclic) bond motifs is 1. The number of benzene rings is 1. The number of rotatable bonds is 3. The van der Waals surface area contributed by atoms with Gasteiger partial charge in [-0.15, -0.1) is 0 Å². The minimum absolute atomic E-state index is 0.0629. The van der Waals surface area contributed by atoms with E-state index in [2.05, 4.69) is 19.9 Å². The molecular formula is C19H28O2. The van der Waals surface area contributed by atoms with Crippen LogP contribution in [0.5, 0.6) is 5.75 Å². The Morgan fingerprint density at radius 2 is 1.90 bits per heavy atom. The molecule has 2 aliphatic rings. The maximum atomic E-state index is 10.6. The minimum Gasteiger partial charge on any atom is -0.492 e. The van der Waals surface area contributed by atoms with Crippen LogP contribution in [0.3, 0.4) is 0 Å². The van der Waals surface area contributed by atoms with Gasteiger partial charge < -0.3 is 9.84 Å². The standard InChI is InChI=1S/C19H28O2/c1-19(2)13-21-18-10-9-15(12-16(18)19)17(20)11-14-7-5-3-4-6-8-14/h9-10,12,14,17,20H,3-8,11,13H2,1-2H3. The molecule has 2 nitrogen and oxygen atoms in total. The summed E-state index contributed by atoms with van der Waals surface area (Å²) < 4.78 is 5.73. The van der Waals surface area contributed by atoms with Crippen molar-refractivity contribution in [1.82, 2.24) is 0 Å². The largest absolute Gasteiger partial charge is 0.492 e. The molecule has 3 rings (SSSR count). The van der Waals surface area contributed by atoms with Gasteiger partial charge in [-0.05, 0) is 30.0 Å². The number of aliphatic hydroxyl groups is 1. The fourth-order valence-corrected chi connectivity index (χ4v) is 3.80. The Balaban J connectivity index is 1.71. The van der Waals surface area contributed by atoms with Crippen LogP contribution in [0.25, 0.3) is 0 Å². The van der Waals surface area contributed by atoms with Crippen molar-refractivity contribution in [3.05, 3.63) is 29.3 Å². The molecule has 1 fully saturated rings. The van der Waals surface area contributed by atoms with Crippen LogP contribution in [0, 0.1) is 5.92 Å². The first-order chi connectivity index (χ1) is 10.1. The highest BCUT2D eigenvalue weighted by molar-refractivity contribution is 5.45. The van der Waals surface area contributed by atoms with E-state index in [1.54, 1.807) is 0 Å². The van der Waals surface area contributed by atoms with Gasteiger partial charge in [0.1, 0.15) is 5.75 Å². The highest BCUT2D eigenvalue weighted by Crippen LogP contribution is 2.40. The van der Waals surface area contributed by atoms with Gasteiger partial charge in [0.2, 0.25) is 0 Å². The Kier molecular flexibility index (Phi) is 4.26. The van der Waals surface area contributed by atoms with E-state index < -0.39 is 0 Å². The van der Waals surface area contributed by atoms with Crippen LogP contribution in [0.1, 0.15) is 76.0 Å². The first kappa shape index (κ1) is 14.9. The average Bonchev–Trinajstić information content (AvgIpc) is 2.66. The molecule has 1 saturated carbocycles. The lowest BCUT2D eigenvalue weighted by molar-refractivity contribution is 0.139. The second-order valence-corrected chi connectivity index (χ2v) is 7.54. The number of aliphatic hydroxyl groups excluding tert-OH is 1. The van der Waals surface area contributed by atoms with Crippen molar-refractivity contribution in [2.75, 3.05) is 6.61 Å². The van der Waals surface area contributed by atoms with E-state index in [0.29, 0.717) is 5.92 Å². The summed E-state index contributed by atoms with van der Waals surface area (Å²) in [6.07, 6.45) is 8.58. The summed E-state index contributed by atoms with van der Waals surface area (Å²) in [5.41, 5.74) is 2.38.